The van der Waals surface area contributed by atoms with Gasteiger partial charge in [0.25, 0.3) is 0 Å². The fourth-order valence-corrected chi connectivity index (χ4v) is 1.59. The second kappa shape index (κ2) is 4.46. The molecule has 11 heavy (non-hydrogen) atoms. The van der Waals surface area contributed by atoms with Gasteiger partial charge in [0.1, 0.15) is 0 Å². The first-order valence-corrected chi connectivity index (χ1v) is 4.73. The molecule has 0 bridgehead atoms. The van der Waals surface area contributed by atoms with Crippen LogP contribution in [0.3, 0.4) is 0 Å². The molecule has 0 saturated carbocycles. The van der Waals surface area contributed by atoms with Crippen LogP contribution in [0.15, 0.2) is 6.07 Å². The SMILES string of the molecule is CCCNCc1cc(C)ns1. The summed E-state index contributed by atoms with van der Waals surface area (Å²) in [5.41, 5.74) is 1.13. The Morgan fingerprint density at radius 3 is 3.00 bits per heavy atom. The molecule has 3 heteroatoms. The van der Waals surface area contributed by atoms with Gasteiger partial charge in [-0.25, -0.2) is 0 Å². The van der Waals surface area contributed by atoms with E-state index in [1.807, 2.05) is 6.92 Å². The minimum atomic E-state index is 0.972. The Balaban J connectivity index is 2.27. The van der Waals surface area contributed by atoms with E-state index in [1.165, 1.54) is 11.3 Å². The molecule has 1 aromatic rings. The highest BCUT2D eigenvalue weighted by atomic mass is 32.1. The molecule has 2 nitrogen and oxygen atoms in total. The first-order valence-electron chi connectivity index (χ1n) is 3.96. The fourth-order valence-electron chi connectivity index (χ4n) is 0.888. The smallest absolute Gasteiger partial charge is 0.0514 e. The molecule has 0 unspecified atom stereocenters. The van der Waals surface area contributed by atoms with Crippen molar-refractivity contribution in [3.05, 3.63) is 16.6 Å². The average Bonchev–Trinajstić information content (AvgIpc) is 2.37. The molecule has 62 valence electrons. The van der Waals surface area contributed by atoms with Crippen molar-refractivity contribution >= 4 is 11.5 Å². The van der Waals surface area contributed by atoms with Crippen LogP contribution in [0.5, 0.6) is 0 Å². The van der Waals surface area contributed by atoms with Gasteiger partial charge in [-0.3, -0.25) is 0 Å². The van der Waals surface area contributed by atoms with E-state index in [1.54, 1.807) is 11.5 Å². The van der Waals surface area contributed by atoms with Crippen molar-refractivity contribution in [1.29, 1.82) is 0 Å². The van der Waals surface area contributed by atoms with Crippen LogP contribution in [0, 0.1) is 6.92 Å². The van der Waals surface area contributed by atoms with Gasteiger partial charge < -0.3 is 5.32 Å². The van der Waals surface area contributed by atoms with E-state index in [4.69, 9.17) is 0 Å². The van der Waals surface area contributed by atoms with Crippen LogP contribution >= 0.6 is 11.5 Å². The molecule has 0 fully saturated rings. The first kappa shape index (κ1) is 8.68. The maximum absolute atomic E-state index is 4.20. The van der Waals surface area contributed by atoms with E-state index in [-0.39, 0.29) is 0 Å². The lowest BCUT2D eigenvalue weighted by Gasteiger charge is -1.97. The molecule has 1 rings (SSSR count). The fraction of sp³-hybridized carbons (Fsp3) is 0.625. The topological polar surface area (TPSA) is 24.9 Å². The predicted molar refractivity (Wildman–Crippen MR) is 48.8 cm³/mol. The Labute approximate surface area is 71.8 Å². The second-order valence-electron chi connectivity index (χ2n) is 2.61. The number of aryl methyl sites for hydroxylation is 1. The monoisotopic (exact) mass is 170 g/mol. The molecule has 0 aliphatic carbocycles. The van der Waals surface area contributed by atoms with Gasteiger partial charge in [-0.15, -0.1) is 0 Å². The van der Waals surface area contributed by atoms with E-state index < -0.39 is 0 Å². The first-order chi connectivity index (χ1) is 5.33. The van der Waals surface area contributed by atoms with Gasteiger partial charge in [-0.05, 0) is 37.5 Å². The molecule has 1 heterocycles. The van der Waals surface area contributed by atoms with Gasteiger partial charge in [-0.2, -0.15) is 4.37 Å². The third kappa shape index (κ3) is 2.99. The summed E-state index contributed by atoms with van der Waals surface area (Å²) in [5, 5.41) is 3.34. The molecule has 0 radical (unpaired) electrons. The number of aromatic nitrogens is 1. The molecule has 0 aromatic carbocycles. The van der Waals surface area contributed by atoms with Gasteiger partial charge in [0.2, 0.25) is 0 Å². The molecule has 0 spiro atoms. The van der Waals surface area contributed by atoms with Gasteiger partial charge in [0.15, 0.2) is 0 Å². The predicted octanol–water partition coefficient (Wildman–Crippen LogP) is 1.95. The lowest BCUT2D eigenvalue weighted by Crippen LogP contribution is -2.12. The number of hydrogen-bond donors (Lipinski definition) is 1. The highest BCUT2D eigenvalue weighted by Gasteiger charge is 1.95. The van der Waals surface area contributed by atoms with E-state index >= 15 is 0 Å². The Hall–Kier alpha value is -0.410. The van der Waals surface area contributed by atoms with E-state index in [0.29, 0.717) is 0 Å². The van der Waals surface area contributed by atoms with Crippen LogP contribution in [0.2, 0.25) is 0 Å². The van der Waals surface area contributed by atoms with Crippen LogP contribution in [0.1, 0.15) is 23.9 Å². The highest BCUT2D eigenvalue weighted by Crippen LogP contribution is 2.07. The van der Waals surface area contributed by atoms with Crippen LogP contribution in [-0.4, -0.2) is 10.9 Å². The van der Waals surface area contributed by atoms with E-state index in [9.17, 15) is 0 Å². The summed E-state index contributed by atoms with van der Waals surface area (Å²) in [4.78, 5) is 1.33. The van der Waals surface area contributed by atoms with Crippen molar-refractivity contribution < 1.29 is 0 Å². The quantitative estimate of drug-likeness (QED) is 0.699. The third-order valence-corrected chi connectivity index (χ3v) is 2.28. The maximum Gasteiger partial charge on any atom is 0.0514 e. The minimum absolute atomic E-state index is 0.972. The Bertz CT molecular complexity index is 208. The zero-order chi connectivity index (χ0) is 8.10. The normalized spacial score (nSPS) is 10.4. The zero-order valence-electron chi connectivity index (χ0n) is 7.05. The van der Waals surface area contributed by atoms with Gasteiger partial charge in [0, 0.05) is 11.4 Å². The third-order valence-electron chi connectivity index (χ3n) is 1.40. The lowest BCUT2D eigenvalue weighted by atomic mass is 10.4. The molecule has 1 N–H and O–H groups in total. The van der Waals surface area contributed by atoms with E-state index in [2.05, 4.69) is 22.7 Å². The summed E-state index contributed by atoms with van der Waals surface area (Å²) in [6, 6.07) is 2.13. The summed E-state index contributed by atoms with van der Waals surface area (Å²) < 4.78 is 4.20. The number of hydrogen-bond acceptors (Lipinski definition) is 3. The summed E-state index contributed by atoms with van der Waals surface area (Å²) in [6.45, 7) is 6.26. The summed E-state index contributed by atoms with van der Waals surface area (Å²) in [5.74, 6) is 0. The number of rotatable bonds is 4. The zero-order valence-corrected chi connectivity index (χ0v) is 7.87. The molecular formula is C8H14N2S. The summed E-state index contributed by atoms with van der Waals surface area (Å²) in [6.07, 6.45) is 1.19. The van der Waals surface area contributed by atoms with Crippen LogP contribution < -0.4 is 5.32 Å². The molecular weight excluding hydrogens is 156 g/mol. The molecule has 1 aromatic heterocycles. The Morgan fingerprint density at radius 1 is 1.64 bits per heavy atom. The van der Waals surface area contributed by atoms with Crippen LogP contribution in [0.4, 0.5) is 0 Å². The van der Waals surface area contributed by atoms with Crippen LogP contribution in [0.25, 0.3) is 0 Å². The minimum Gasteiger partial charge on any atom is -0.312 e. The second-order valence-corrected chi connectivity index (χ2v) is 3.50. The van der Waals surface area contributed by atoms with E-state index in [0.717, 1.165) is 18.8 Å². The van der Waals surface area contributed by atoms with Crippen molar-refractivity contribution in [2.24, 2.45) is 0 Å². The Kier molecular flexibility index (Phi) is 3.52. The number of nitrogens with zero attached hydrogens (tertiary/aromatic N) is 1. The molecule has 0 aliphatic rings. The maximum atomic E-state index is 4.20. The highest BCUT2D eigenvalue weighted by molar-refractivity contribution is 7.05. The van der Waals surface area contributed by atoms with Crippen LogP contribution in [-0.2, 0) is 6.54 Å². The number of nitrogens with one attached hydrogen (secondary N) is 1. The molecule has 0 atom stereocenters. The van der Waals surface area contributed by atoms with Crippen molar-refractivity contribution in [2.45, 2.75) is 26.8 Å². The van der Waals surface area contributed by atoms with Crippen molar-refractivity contribution in [2.75, 3.05) is 6.54 Å². The average molecular weight is 170 g/mol. The standard InChI is InChI=1S/C8H14N2S/c1-3-4-9-6-8-5-7(2)10-11-8/h5,9H,3-4,6H2,1-2H3. The Morgan fingerprint density at radius 2 is 2.45 bits per heavy atom. The summed E-state index contributed by atoms with van der Waals surface area (Å²) in [7, 11) is 0. The van der Waals surface area contributed by atoms with Gasteiger partial charge >= 0.3 is 0 Å². The lowest BCUT2D eigenvalue weighted by molar-refractivity contribution is 0.681. The molecule has 0 amide bonds. The largest absolute Gasteiger partial charge is 0.312 e. The molecule has 0 aliphatic heterocycles. The molecule has 0 saturated heterocycles. The van der Waals surface area contributed by atoms with Crippen molar-refractivity contribution in [1.82, 2.24) is 9.69 Å². The van der Waals surface area contributed by atoms with Crippen molar-refractivity contribution in [3.8, 4) is 0 Å². The van der Waals surface area contributed by atoms with Crippen molar-refractivity contribution in [3.63, 3.8) is 0 Å². The van der Waals surface area contributed by atoms with Gasteiger partial charge in [0.05, 0.1) is 5.69 Å². The van der Waals surface area contributed by atoms with Gasteiger partial charge in [-0.1, -0.05) is 6.92 Å². The summed E-state index contributed by atoms with van der Waals surface area (Å²) >= 11 is 1.59.